The maximum absolute atomic E-state index is 9.69. The molecule has 19 heavy (non-hydrogen) atoms. The molecule has 1 heterocycles. The Bertz CT molecular complexity index is 716. The lowest BCUT2D eigenvalue weighted by Crippen LogP contribution is -1.91. The van der Waals surface area contributed by atoms with Crippen LogP contribution in [0.2, 0.25) is 0 Å². The van der Waals surface area contributed by atoms with Gasteiger partial charge in [0.2, 0.25) is 0 Å². The van der Waals surface area contributed by atoms with E-state index in [1.165, 1.54) is 0 Å². The average Bonchev–Trinajstić information content (AvgIpc) is 2.88. The van der Waals surface area contributed by atoms with Crippen molar-refractivity contribution in [2.45, 2.75) is 6.42 Å². The molecule has 3 rings (SSSR count). The standard InChI is InChI=1S/C16H13ClO2/c17-7-5-11-1-3-14(18)10-15(11)12-2-4-16-13(9-12)6-8-19-16/h1-4,6,8-10,18H,5,7H2. The highest BCUT2D eigenvalue weighted by atomic mass is 35.5. The van der Waals surface area contributed by atoms with Gasteiger partial charge in [0.05, 0.1) is 6.26 Å². The summed E-state index contributed by atoms with van der Waals surface area (Å²) in [5, 5.41) is 10.7. The molecular formula is C16H13ClO2. The Hall–Kier alpha value is -1.93. The molecule has 96 valence electrons. The van der Waals surface area contributed by atoms with Gasteiger partial charge in [-0.05, 0) is 53.4 Å². The van der Waals surface area contributed by atoms with Gasteiger partial charge in [-0.1, -0.05) is 12.1 Å². The molecule has 0 bridgehead atoms. The zero-order valence-corrected chi connectivity index (χ0v) is 11.0. The first-order valence-electron chi connectivity index (χ1n) is 6.13. The number of phenols is 1. The summed E-state index contributed by atoms with van der Waals surface area (Å²) in [5.41, 5.74) is 4.08. The van der Waals surface area contributed by atoms with Crippen LogP contribution in [0.25, 0.3) is 22.1 Å². The molecule has 0 amide bonds. The number of phenolic OH excluding ortho intramolecular Hbond substituents is 1. The van der Waals surface area contributed by atoms with Crippen LogP contribution < -0.4 is 0 Å². The van der Waals surface area contributed by atoms with Gasteiger partial charge in [-0.2, -0.15) is 0 Å². The zero-order chi connectivity index (χ0) is 13.2. The molecule has 0 aliphatic heterocycles. The van der Waals surface area contributed by atoms with Crippen LogP contribution in [-0.2, 0) is 6.42 Å². The van der Waals surface area contributed by atoms with Crippen LogP contribution in [0.3, 0.4) is 0 Å². The molecule has 2 nitrogen and oxygen atoms in total. The highest BCUT2D eigenvalue weighted by Gasteiger charge is 2.08. The Morgan fingerprint density at radius 1 is 1.05 bits per heavy atom. The molecule has 1 aromatic heterocycles. The lowest BCUT2D eigenvalue weighted by atomic mass is 9.97. The molecule has 0 aliphatic carbocycles. The van der Waals surface area contributed by atoms with Crippen molar-refractivity contribution in [2.75, 3.05) is 5.88 Å². The minimum atomic E-state index is 0.264. The molecule has 0 saturated heterocycles. The lowest BCUT2D eigenvalue weighted by molar-refractivity contribution is 0.475. The predicted molar refractivity (Wildman–Crippen MR) is 77.7 cm³/mol. The number of alkyl halides is 1. The summed E-state index contributed by atoms with van der Waals surface area (Å²) in [7, 11) is 0. The summed E-state index contributed by atoms with van der Waals surface area (Å²) in [6, 6.07) is 13.3. The van der Waals surface area contributed by atoms with E-state index < -0.39 is 0 Å². The number of aryl methyl sites for hydroxylation is 1. The largest absolute Gasteiger partial charge is 0.508 e. The van der Waals surface area contributed by atoms with E-state index in [1.54, 1.807) is 18.4 Å². The lowest BCUT2D eigenvalue weighted by Gasteiger charge is -2.09. The van der Waals surface area contributed by atoms with Gasteiger partial charge < -0.3 is 9.52 Å². The SMILES string of the molecule is Oc1ccc(CCCl)c(-c2ccc3occc3c2)c1. The molecule has 0 atom stereocenters. The van der Waals surface area contributed by atoms with Gasteiger partial charge in [0.1, 0.15) is 11.3 Å². The van der Waals surface area contributed by atoms with Crippen LogP contribution >= 0.6 is 11.6 Å². The second-order valence-corrected chi connectivity index (χ2v) is 4.83. The highest BCUT2D eigenvalue weighted by molar-refractivity contribution is 6.18. The summed E-state index contributed by atoms with van der Waals surface area (Å²) >= 11 is 5.84. The first kappa shape index (κ1) is 12.1. The van der Waals surface area contributed by atoms with Crippen molar-refractivity contribution in [3.8, 4) is 16.9 Å². The van der Waals surface area contributed by atoms with Gasteiger partial charge in [-0.3, -0.25) is 0 Å². The van der Waals surface area contributed by atoms with Crippen LogP contribution in [0, 0.1) is 0 Å². The van der Waals surface area contributed by atoms with Crippen molar-refractivity contribution in [3.63, 3.8) is 0 Å². The smallest absolute Gasteiger partial charge is 0.133 e. The summed E-state index contributed by atoms with van der Waals surface area (Å²) in [6.07, 6.45) is 2.46. The fourth-order valence-corrected chi connectivity index (χ4v) is 2.49. The molecule has 0 fully saturated rings. The van der Waals surface area contributed by atoms with Crippen LogP contribution in [0.1, 0.15) is 5.56 Å². The molecule has 0 aliphatic rings. The number of halogens is 1. The number of rotatable bonds is 3. The number of benzene rings is 2. The zero-order valence-electron chi connectivity index (χ0n) is 10.3. The van der Waals surface area contributed by atoms with Crippen molar-refractivity contribution < 1.29 is 9.52 Å². The van der Waals surface area contributed by atoms with Crippen LogP contribution in [0.15, 0.2) is 53.1 Å². The Balaban J connectivity index is 2.15. The number of hydrogen-bond donors (Lipinski definition) is 1. The monoisotopic (exact) mass is 272 g/mol. The molecule has 2 aromatic carbocycles. The van der Waals surface area contributed by atoms with Crippen molar-refractivity contribution in [1.82, 2.24) is 0 Å². The van der Waals surface area contributed by atoms with E-state index in [9.17, 15) is 5.11 Å². The van der Waals surface area contributed by atoms with Gasteiger partial charge in [0, 0.05) is 11.3 Å². The topological polar surface area (TPSA) is 33.4 Å². The highest BCUT2D eigenvalue weighted by Crippen LogP contribution is 2.30. The molecule has 0 saturated carbocycles. The Labute approximate surface area is 116 Å². The maximum atomic E-state index is 9.69. The van der Waals surface area contributed by atoms with Crippen molar-refractivity contribution in [3.05, 3.63) is 54.3 Å². The van der Waals surface area contributed by atoms with Crippen LogP contribution in [-0.4, -0.2) is 11.0 Å². The van der Waals surface area contributed by atoms with E-state index in [4.69, 9.17) is 16.0 Å². The fourth-order valence-electron chi connectivity index (χ4n) is 2.29. The van der Waals surface area contributed by atoms with Gasteiger partial charge in [0.15, 0.2) is 0 Å². The van der Waals surface area contributed by atoms with Crippen molar-refractivity contribution >= 4 is 22.6 Å². The third-order valence-electron chi connectivity index (χ3n) is 3.22. The third kappa shape index (κ3) is 2.32. The molecule has 1 N–H and O–H groups in total. The third-order valence-corrected chi connectivity index (χ3v) is 3.41. The number of fused-ring (bicyclic) bond motifs is 1. The maximum Gasteiger partial charge on any atom is 0.133 e. The molecular weight excluding hydrogens is 260 g/mol. The summed E-state index contributed by atoms with van der Waals surface area (Å²) in [4.78, 5) is 0. The van der Waals surface area contributed by atoms with E-state index in [0.29, 0.717) is 5.88 Å². The van der Waals surface area contributed by atoms with Crippen molar-refractivity contribution in [2.24, 2.45) is 0 Å². The Kier molecular flexibility index (Phi) is 3.18. The van der Waals surface area contributed by atoms with Crippen LogP contribution in [0.5, 0.6) is 5.75 Å². The van der Waals surface area contributed by atoms with Gasteiger partial charge in [-0.25, -0.2) is 0 Å². The molecule has 0 radical (unpaired) electrons. The van der Waals surface area contributed by atoms with Crippen molar-refractivity contribution in [1.29, 1.82) is 0 Å². The van der Waals surface area contributed by atoms with E-state index in [1.807, 2.05) is 24.3 Å². The minimum absolute atomic E-state index is 0.264. The quantitative estimate of drug-likeness (QED) is 0.708. The fraction of sp³-hybridized carbons (Fsp3) is 0.125. The number of hydrogen-bond acceptors (Lipinski definition) is 2. The molecule has 3 aromatic rings. The van der Waals surface area contributed by atoms with E-state index in [0.717, 1.165) is 34.1 Å². The first-order chi connectivity index (χ1) is 9.28. The predicted octanol–water partition coefficient (Wildman–Crippen LogP) is 4.59. The van der Waals surface area contributed by atoms with Gasteiger partial charge in [0.25, 0.3) is 0 Å². The number of furan rings is 1. The van der Waals surface area contributed by atoms with E-state index >= 15 is 0 Å². The normalized spacial score (nSPS) is 11.0. The van der Waals surface area contributed by atoms with Crippen LogP contribution in [0.4, 0.5) is 0 Å². The second kappa shape index (κ2) is 4.98. The summed E-state index contributed by atoms with van der Waals surface area (Å²) in [6.45, 7) is 0. The van der Waals surface area contributed by atoms with Gasteiger partial charge in [-0.15, -0.1) is 11.6 Å². The molecule has 3 heteroatoms. The van der Waals surface area contributed by atoms with E-state index in [-0.39, 0.29) is 5.75 Å². The average molecular weight is 273 g/mol. The summed E-state index contributed by atoms with van der Waals surface area (Å²) in [5.74, 6) is 0.826. The molecule has 0 unspecified atom stereocenters. The molecule has 0 spiro atoms. The Morgan fingerprint density at radius 3 is 2.79 bits per heavy atom. The first-order valence-corrected chi connectivity index (χ1v) is 6.67. The van der Waals surface area contributed by atoms with E-state index in [2.05, 4.69) is 6.07 Å². The minimum Gasteiger partial charge on any atom is -0.508 e. The summed E-state index contributed by atoms with van der Waals surface area (Å²) < 4.78 is 5.34. The second-order valence-electron chi connectivity index (χ2n) is 4.45. The Morgan fingerprint density at radius 2 is 1.95 bits per heavy atom. The number of aromatic hydroxyl groups is 1. The van der Waals surface area contributed by atoms with Gasteiger partial charge >= 0.3 is 0 Å².